The fourth-order valence-electron chi connectivity index (χ4n) is 1.94. The SMILES string of the molecule is CN(CC1CC1)c1c(N)cccc1C(=O)O. The minimum atomic E-state index is -0.926. The van der Waals surface area contributed by atoms with Crippen LogP contribution in [0.4, 0.5) is 11.4 Å². The second kappa shape index (κ2) is 4.04. The molecule has 1 aromatic rings. The van der Waals surface area contributed by atoms with Crippen molar-refractivity contribution < 1.29 is 9.90 Å². The number of nitrogens with zero attached hydrogens (tertiary/aromatic N) is 1. The molecule has 1 fully saturated rings. The summed E-state index contributed by atoms with van der Waals surface area (Å²) in [5.74, 6) is -0.226. The van der Waals surface area contributed by atoms with Gasteiger partial charge in [-0.25, -0.2) is 4.79 Å². The van der Waals surface area contributed by atoms with Gasteiger partial charge in [-0.2, -0.15) is 0 Å². The molecule has 0 saturated heterocycles. The summed E-state index contributed by atoms with van der Waals surface area (Å²) < 4.78 is 0. The standard InChI is InChI=1S/C12H16N2O2/c1-14(7-8-5-6-8)11-9(12(15)16)3-2-4-10(11)13/h2-4,8H,5-7,13H2,1H3,(H,15,16). The van der Waals surface area contributed by atoms with E-state index in [0.29, 0.717) is 17.3 Å². The molecule has 4 heteroatoms. The number of carboxylic acids is 1. The maximum atomic E-state index is 11.1. The molecule has 0 heterocycles. The smallest absolute Gasteiger partial charge is 0.337 e. The summed E-state index contributed by atoms with van der Waals surface area (Å²) in [6.07, 6.45) is 2.47. The van der Waals surface area contributed by atoms with E-state index in [9.17, 15) is 4.79 Å². The lowest BCUT2D eigenvalue weighted by molar-refractivity contribution is 0.0697. The van der Waals surface area contributed by atoms with Gasteiger partial charge in [0, 0.05) is 13.6 Å². The molecule has 3 N–H and O–H groups in total. The lowest BCUT2D eigenvalue weighted by Gasteiger charge is -2.22. The maximum absolute atomic E-state index is 11.1. The highest BCUT2D eigenvalue weighted by molar-refractivity contribution is 5.97. The van der Waals surface area contributed by atoms with E-state index < -0.39 is 5.97 Å². The fourth-order valence-corrected chi connectivity index (χ4v) is 1.94. The van der Waals surface area contributed by atoms with E-state index in [1.165, 1.54) is 12.8 Å². The molecule has 0 amide bonds. The minimum Gasteiger partial charge on any atom is -0.478 e. The Morgan fingerprint density at radius 1 is 1.56 bits per heavy atom. The number of aromatic carboxylic acids is 1. The van der Waals surface area contributed by atoms with E-state index in [4.69, 9.17) is 10.8 Å². The predicted molar refractivity (Wildman–Crippen MR) is 63.8 cm³/mol. The Kier molecular flexibility index (Phi) is 2.73. The number of anilines is 2. The van der Waals surface area contributed by atoms with Gasteiger partial charge in [-0.05, 0) is 30.9 Å². The van der Waals surface area contributed by atoms with Gasteiger partial charge in [0.2, 0.25) is 0 Å². The van der Waals surface area contributed by atoms with Crippen LogP contribution in [-0.2, 0) is 0 Å². The van der Waals surface area contributed by atoms with Gasteiger partial charge in [0.1, 0.15) is 0 Å². The number of hydrogen-bond acceptors (Lipinski definition) is 3. The molecule has 2 rings (SSSR count). The first-order valence-corrected chi connectivity index (χ1v) is 5.42. The van der Waals surface area contributed by atoms with Gasteiger partial charge in [-0.1, -0.05) is 6.07 Å². The fraction of sp³-hybridized carbons (Fsp3) is 0.417. The molecular weight excluding hydrogens is 204 g/mol. The maximum Gasteiger partial charge on any atom is 0.337 e. The van der Waals surface area contributed by atoms with Crippen molar-refractivity contribution in [3.8, 4) is 0 Å². The Morgan fingerprint density at radius 2 is 2.25 bits per heavy atom. The molecule has 16 heavy (non-hydrogen) atoms. The van der Waals surface area contributed by atoms with Gasteiger partial charge in [-0.3, -0.25) is 0 Å². The molecule has 0 atom stereocenters. The summed E-state index contributed by atoms with van der Waals surface area (Å²) in [6.45, 7) is 0.883. The van der Waals surface area contributed by atoms with E-state index in [-0.39, 0.29) is 5.56 Å². The molecule has 0 unspecified atom stereocenters. The first kappa shape index (κ1) is 10.8. The van der Waals surface area contributed by atoms with Crippen LogP contribution in [0.3, 0.4) is 0 Å². The number of carbonyl (C=O) groups is 1. The molecule has 1 aliphatic rings. The van der Waals surface area contributed by atoms with Gasteiger partial charge in [0.15, 0.2) is 0 Å². The van der Waals surface area contributed by atoms with Crippen LogP contribution >= 0.6 is 0 Å². The first-order chi connectivity index (χ1) is 7.59. The lowest BCUT2D eigenvalue weighted by atomic mass is 10.1. The third-order valence-corrected chi connectivity index (χ3v) is 2.91. The average molecular weight is 220 g/mol. The third-order valence-electron chi connectivity index (χ3n) is 2.91. The summed E-state index contributed by atoms with van der Waals surface area (Å²) in [5.41, 5.74) is 7.30. The number of nitrogen functional groups attached to an aromatic ring is 1. The highest BCUT2D eigenvalue weighted by Crippen LogP contribution is 2.34. The van der Waals surface area contributed by atoms with Crippen LogP contribution in [0, 0.1) is 5.92 Å². The van der Waals surface area contributed by atoms with Crippen molar-refractivity contribution >= 4 is 17.3 Å². The van der Waals surface area contributed by atoms with Crippen LogP contribution in [0.5, 0.6) is 0 Å². The summed E-state index contributed by atoms with van der Waals surface area (Å²) in [6, 6.07) is 5.01. The van der Waals surface area contributed by atoms with Crippen LogP contribution in [0.25, 0.3) is 0 Å². The van der Waals surface area contributed by atoms with Crippen molar-refractivity contribution in [1.82, 2.24) is 0 Å². The number of rotatable bonds is 4. The molecule has 86 valence electrons. The summed E-state index contributed by atoms with van der Waals surface area (Å²) in [5, 5.41) is 9.11. The quantitative estimate of drug-likeness (QED) is 0.759. The second-order valence-electron chi connectivity index (χ2n) is 4.37. The second-order valence-corrected chi connectivity index (χ2v) is 4.37. The van der Waals surface area contributed by atoms with E-state index in [2.05, 4.69) is 0 Å². The zero-order valence-corrected chi connectivity index (χ0v) is 9.31. The zero-order chi connectivity index (χ0) is 11.7. The predicted octanol–water partition coefficient (Wildman–Crippen LogP) is 1.81. The van der Waals surface area contributed by atoms with E-state index in [1.54, 1.807) is 18.2 Å². The van der Waals surface area contributed by atoms with Crippen molar-refractivity contribution in [2.75, 3.05) is 24.2 Å². The van der Waals surface area contributed by atoms with Crippen molar-refractivity contribution in [3.63, 3.8) is 0 Å². The van der Waals surface area contributed by atoms with Crippen LogP contribution in [-0.4, -0.2) is 24.7 Å². The molecule has 0 radical (unpaired) electrons. The van der Waals surface area contributed by atoms with E-state index in [1.807, 2.05) is 11.9 Å². The highest BCUT2D eigenvalue weighted by atomic mass is 16.4. The summed E-state index contributed by atoms with van der Waals surface area (Å²) in [4.78, 5) is 13.1. The molecule has 0 aliphatic heterocycles. The number of benzene rings is 1. The van der Waals surface area contributed by atoms with Gasteiger partial charge in [0.25, 0.3) is 0 Å². The summed E-state index contributed by atoms with van der Waals surface area (Å²) >= 11 is 0. The van der Waals surface area contributed by atoms with Crippen LogP contribution < -0.4 is 10.6 Å². The molecular formula is C12H16N2O2. The normalized spacial score (nSPS) is 14.8. The zero-order valence-electron chi connectivity index (χ0n) is 9.31. The first-order valence-electron chi connectivity index (χ1n) is 5.42. The molecule has 1 aromatic carbocycles. The summed E-state index contributed by atoms with van der Waals surface area (Å²) in [7, 11) is 1.90. The van der Waals surface area contributed by atoms with Crippen molar-refractivity contribution in [1.29, 1.82) is 0 Å². The van der Waals surface area contributed by atoms with Crippen LogP contribution in [0.2, 0.25) is 0 Å². The Hall–Kier alpha value is -1.71. The van der Waals surface area contributed by atoms with E-state index in [0.717, 1.165) is 6.54 Å². The molecule has 0 bridgehead atoms. The average Bonchev–Trinajstić information content (AvgIpc) is 3.00. The molecule has 1 saturated carbocycles. The van der Waals surface area contributed by atoms with Crippen molar-refractivity contribution in [2.24, 2.45) is 5.92 Å². The van der Waals surface area contributed by atoms with Gasteiger partial charge >= 0.3 is 5.97 Å². The third kappa shape index (κ3) is 2.10. The van der Waals surface area contributed by atoms with Crippen molar-refractivity contribution in [3.05, 3.63) is 23.8 Å². The van der Waals surface area contributed by atoms with Crippen LogP contribution in [0.15, 0.2) is 18.2 Å². The Morgan fingerprint density at radius 3 is 2.81 bits per heavy atom. The topological polar surface area (TPSA) is 66.6 Å². The molecule has 0 aromatic heterocycles. The van der Waals surface area contributed by atoms with Gasteiger partial charge in [-0.15, -0.1) is 0 Å². The van der Waals surface area contributed by atoms with Crippen LogP contribution in [0.1, 0.15) is 23.2 Å². The number of hydrogen-bond donors (Lipinski definition) is 2. The minimum absolute atomic E-state index is 0.281. The van der Waals surface area contributed by atoms with Gasteiger partial charge in [0.05, 0.1) is 16.9 Å². The van der Waals surface area contributed by atoms with Gasteiger partial charge < -0.3 is 15.7 Å². The van der Waals surface area contributed by atoms with E-state index >= 15 is 0 Å². The highest BCUT2D eigenvalue weighted by Gasteiger charge is 2.25. The Bertz CT molecular complexity index is 413. The Labute approximate surface area is 94.7 Å². The lowest BCUT2D eigenvalue weighted by Crippen LogP contribution is -2.23. The molecule has 4 nitrogen and oxygen atoms in total. The number of carboxylic acid groups (broad SMARTS) is 1. The Balaban J connectivity index is 2.31. The van der Waals surface area contributed by atoms with Crippen molar-refractivity contribution in [2.45, 2.75) is 12.8 Å². The number of para-hydroxylation sites is 1. The largest absolute Gasteiger partial charge is 0.478 e. The number of nitrogens with two attached hydrogens (primary N) is 1. The molecule has 1 aliphatic carbocycles. The monoisotopic (exact) mass is 220 g/mol. The molecule has 0 spiro atoms.